The molecule has 0 bridgehead atoms. The van der Waals surface area contributed by atoms with E-state index < -0.39 is 11.4 Å². The number of para-hydroxylation sites is 1. The van der Waals surface area contributed by atoms with Crippen LogP contribution in [-0.2, 0) is 4.74 Å². The number of fused-ring (bicyclic) bond motifs is 2. The SMILES string of the molecule is COCCNC(=O)c1ccc2c(=O)n(-c3ccc(F)cc3)c(SCC(=O)c3c[nH]c4ccccc34)nc2c1. The Bertz CT molecular complexity index is 1710. The topological polar surface area (TPSA) is 106 Å². The number of rotatable bonds is 9. The molecule has 0 fully saturated rings. The van der Waals surface area contributed by atoms with Gasteiger partial charge >= 0.3 is 0 Å². The molecule has 0 aliphatic carbocycles. The van der Waals surface area contributed by atoms with Crippen LogP contribution in [0.4, 0.5) is 4.39 Å². The molecular weight excluding hydrogens is 507 g/mol. The van der Waals surface area contributed by atoms with Gasteiger partial charge < -0.3 is 15.0 Å². The number of Topliss-reactive ketones (excluding diaryl/α,β-unsaturated/α-hetero) is 1. The second-order valence-electron chi connectivity index (χ2n) is 8.45. The average molecular weight is 531 g/mol. The summed E-state index contributed by atoms with van der Waals surface area (Å²) in [6.07, 6.45) is 1.67. The maximum atomic E-state index is 13.6. The van der Waals surface area contributed by atoms with E-state index in [0.29, 0.717) is 35.5 Å². The number of aromatic nitrogens is 3. The molecule has 0 saturated carbocycles. The van der Waals surface area contributed by atoms with Crippen molar-refractivity contribution in [3.05, 3.63) is 100 Å². The minimum absolute atomic E-state index is 0.0121. The molecule has 0 radical (unpaired) electrons. The third-order valence-corrected chi connectivity index (χ3v) is 6.94. The molecule has 10 heteroatoms. The number of methoxy groups -OCH3 is 1. The highest BCUT2D eigenvalue weighted by atomic mass is 32.2. The number of benzene rings is 3. The lowest BCUT2D eigenvalue weighted by atomic mass is 10.1. The molecule has 192 valence electrons. The number of carbonyl (C=O) groups excluding carboxylic acids is 2. The number of amides is 1. The van der Waals surface area contributed by atoms with Crippen molar-refractivity contribution in [2.24, 2.45) is 0 Å². The van der Waals surface area contributed by atoms with Gasteiger partial charge in [0, 0.05) is 41.9 Å². The zero-order valence-electron chi connectivity index (χ0n) is 20.4. The first-order chi connectivity index (χ1) is 18.5. The Morgan fingerprint density at radius 1 is 1.08 bits per heavy atom. The first kappa shape index (κ1) is 25.4. The minimum atomic E-state index is -0.441. The predicted molar refractivity (Wildman–Crippen MR) is 145 cm³/mol. The fourth-order valence-corrected chi connectivity index (χ4v) is 5.00. The maximum absolute atomic E-state index is 13.6. The fourth-order valence-electron chi connectivity index (χ4n) is 4.10. The number of H-pyrrole nitrogens is 1. The lowest BCUT2D eigenvalue weighted by molar-refractivity contribution is 0.0936. The van der Waals surface area contributed by atoms with Gasteiger partial charge in [-0.05, 0) is 48.5 Å². The zero-order chi connectivity index (χ0) is 26.6. The van der Waals surface area contributed by atoms with Crippen LogP contribution < -0.4 is 10.9 Å². The van der Waals surface area contributed by atoms with Crippen LogP contribution in [0.2, 0.25) is 0 Å². The molecule has 0 aliphatic heterocycles. The van der Waals surface area contributed by atoms with Gasteiger partial charge in [0.15, 0.2) is 10.9 Å². The Hall–Kier alpha value is -4.28. The minimum Gasteiger partial charge on any atom is -0.383 e. The van der Waals surface area contributed by atoms with Crippen molar-refractivity contribution in [1.82, 2.24) is 19.9 Å². The van der Waals surface area contributed by atoms with E-state index in [0.717, 1.165) is 22.7 Å². The van der Waals surface area contributed by atoms with Crippen LogP contribution in [0.15, 0.2) is 82.9 Å². The highest BCUT2D eigenvalue weighted by Crippen LogP contribution is 2.25. The summed E-state index contributed by atoms with van der Waals surface area (Å²) in [6.45, 7) is 0.704. The molecule has 38 heavy (non-hydrogen) atoms. The van der Waals surface area contributed by atoms with Crippen molar-refractivity contribution in [2.45, 2.75) is 5.16 Å². The average Bonchev–Trinajstić information content (AvgIpc) is 3.37. The summed E-state index contributed by atoms with van der Waals surface area (Å²) in [5.41, 5.74) is 2.06. The van der Waals surface area contributed by atoms with E-state index in [-0.39, 0.29) is 28.0 Å². The number of nitrogens with one attached hydrogen (secondary N) is 2. The van der Waals surface area contributed by atoms with Crippen LogP contribution in [0.5, 0.6) is 0 Å². The number of carbonyl (C=O) groups is 2. The van der Waals surface area contributed by atoms with Gasteiger partial charge in [0.1, 0.15) is 5.82 Å². The van der Waals surface area contributed by atoms with Crippen LogP contribution >= 0.6 is 11.8 Å². The van der Waals surface area contributed by atoms with Crippen molar-refractivity contribution in [1.29, 1.82) is 0 Å². The summed E-state index contributed by atoms with van der Waals surface area (Å²) >= 11 is 1.10. The molecule has 1 amide bonds. The summed E-state index contributed by atoms with van der Waals surface area (Å²) in [4.78, 5) is 47.0. The van der Waals surface area contributed by atoms with Gasteiger partial charge in [-0.25, -0.2) is 9.37 Å². The summed E-state index contributed by atoms with van der Waals surface area (Å²) in [5, 5.41) is 4.09. The molecular formula is C28H23FN4O4S. The van der Waals surface area contributed by atoms with E-state index in [1.807, 2.05) is 24.3 Å². The van der Waals surface area contributed by atoms with Crippen molar-refractivity contribution < 1.29 is 18.7 Å². The largest absolute Gasteiger partial charge is 0.383 e. The van der Waals surface area contributed by atoms with Gasteiger partial charge in [0.2, 0.25) is 0 Å². The maximum Gasteiger partial charge on any atom is 0.266 e. The fraction of sp³-hybridized carbons (Fsp3) is 0.143. The summed E-state index contributed by atoms with van der Waals surface area (Å²) in [7, 11) is 1.54. The molecule has 2 aromatic heterocycles. The number of aromatic amines is 1. The molecule has 0 saturated heterocycles. The monoisotopic (exact) mass is 530 g/mol. The number of hydrogen-bond donors (Lipinski definition) is 2. The standard InChI is InChI=1S/C28H23FN4O4S/c1-37-13-12-30-26(35)17-6-11-21-24(14-17)32-28(33(27(21)36)19-9-7-18(29)8-10-19)38-16-25(34)22-15-31-23-5-3-2-4-20(22)23/h2-11,14-15,31H,12-13,16H2,1H3,(H,30,35). The third kappa shape index (κ3) is 5.09. The summed E-state index contributed by atoms with van der Waals surface area (Å²) in [5.74, 6) is -0.891. The van der Waals surface area contributed by atoms with Gasteiger partial charge in [0.25, 0.3) is 11.5 Å². The molecule has 8 nitrogen and oxygen atoms in total. The van der Waals surface area contributed by atoms with Crippen molar-refractivity contribution in [3.8, 4) is 5.69 Å². The van der Waals surface area contributed by atoms with E-state index in [1.165, 1.54) is 28.8 Å². The van der Waals surface area contributed by atoms with Gasteiger partial charge in [-0.1, -0.05) is 30.0 Å². The number of halogens is 1. The van der Waals surface area contributed by atoms with Gasteiger partial charge in [-0.3, -0.25) is 19.0 Å². The van der Waals surface area contributed by atoms with Gasteiger partial charge in [-0.2, -0.15) is 0 Å². The number of nitrogens with zero attached hydrogens (tertiary/aromatic N) is 2. The highest BCUT2D eigenvalue weighted by molar-refractivity contribution is 7.99. The van der Waals surface area contributed by atoms with Crippen LogP contribution in [0.25, 0.3) is 27.5 Å². The second-order valence-corrected chi connectivity index (χ2v) is 9.39. The first-order valence-electron chi connectivity index (χ1n) is 11.8. The lowest BCUT2D eigenvalue weighted by Gasteiger charge is -2.14. The van der Waals surface area contributed by atoms with Crippen LogP contribution in [0.3, 0.4) is 0 Å². The Kier molecular flexibility index (Phi) is 7.34. The molecule has 5 rings (SSSR count). The normalized spacial score (nSPS) is 11.2. The van der Waals surface area contributed by atoms with Crippen LogP contribution in [-0.4, -0.2) is 52.2 Å². The van der Waals surface area contributed by atoms with Crippen molar-refractivity contribution in [3.63, 3.8) is 0 Å². The molecule has 2 heterocycles. The molecule has 0 spiro atoms. The quantitative estimate of drug-likeness (QED) is 0.127. The highest BCUT2D eigenvalue weighted by Gasteiger charge is 2.18. The second kappa shape index (κ2) is 11.0. The molecule has 0 unspecified atom stereocenters. The van der Waals surface area contributed by atoms with Gasteiger partial charge in [0.05, 0.1) is 29.0 Å². The summed E-state index contributed by atoms with van der Waals surface area (Å²) in [6, 6.07) is 17.6. The molecule has 2 N–H and O–H groups in total. The Morgan fingerprint density at radius 2 is 1.87 bits per heavy atom. The van der Waals surface area contributed by atoms with Crippen molar-refractivity contribution in [2.75, 3.05) is 26.0 Å². The number of ether oxygens (including phenoxy) is 1. The summed E-state index contributed by atoms with van der Waals surface area (Å²) < 4.78 is 19.9. The van der Waals surface area contributed by atoms with E-state index >= 15 is 0 Å². The van der Waals surface area contributed by atoms with E-state index in [9.17, 15) is 18.8 Å². The van der Waals surface area contributed by atoms with Crippen LogP contribution in [0.1, 0.15) is 20.7 Å². The third-order valence-electron chi connectivity index (χ3n) is 6.00. The number of hydrogen-bond acceptors (Lipinski definition) is 6. The lowest BCUT2D eigenvalue weighted by Crippen LogP contribution is -2.27. The Labute approximate surface area is 220 Å². The van der Waals surface area contributed by atoms with Crippen LogP contribution in [0, 0.1) is 5.82 Å². The zero-order valence-corrected chi connectivity index (χ0v) is 21.2. The van der Waals surface area contributed by atoms with E-state index in [4.69, 9.17) is 4.74 Å². The smallest absolute Gasteiger partial charge is 0.266 e. The van der Waals surface area contributed by atoms with Gasteiger partial charge in [-0.15, -0.1) is 0 Å². The predicted octanol–water partition coefficient (Wildman–Crippen LogP) is 4.36. The molecule has 0 aliphatic rings. The Morgan fingerprint density at radius 3 is 2.66 bits per heavy atom. The number of thioether (sulfide) groups is 1. The molecule has 5 aromatic rings. The van der Waals surface area contributed by atoms with E-state index in [1.54, 1.807) is 31.5 Å². The Balaban J connectivity index is 1.53. The molecule has 3 aromatic carbocycles. The molecule has 0 atom stereocenters. The van der Waals surface area contributed by atoms with E-state index in [2.05, 4.69) is 15.3 Å². The number of ketones is 1. The first-order valence-corrected chi connectivity index (χ1v) is 12.8. The van der Waals surface area contributed by atoms with Crippen molar-refractivity contribution >= 4 is 45.3 Å².